The number of amidine groups is 1. The maximum Gasteiger partial charge on any atom is 0.272 e. The number of benzene rings is 2. The first-order valence-corrected chi connectivity index (χ1v) is 9.28. The third kappa shape index (κ3) is 3.59. The van der Waals surface area contributed by atoms with Crippen LogP contribution in [0, 0.1) is 24.0 Å². The number of hydrogen-bond acceptors (Lipinski definition) is 5. The molecule has 134 valence electrons. The lowest BCUT2D eigenvalue weighted by Crippen LogP contribution is -2.31. The van der Waals surface area contributed by atoms with E-state index in [9.17, 15) is 14.9 Å². The summed E-state index contributed by atoms with van der Waals surface area (Å²) < 4.78 is 0. The van der Waals surface area contributed by atoms with Crippen molar-refractivity contribution in [3.63, 3.8) is 0 Å². The van der Waals surface area contributed by atoms with Crippen molar-refractivity contribution in [2.45, 2.75) is 13.8 Å². The first-order chi connectivity index (χ1) is 12.4. The highest BCUT2D eigenvalue weighted by molar-refractivity contribution is 8.14. The fourth-order valence-electron chi connectivity index (χ4n) is 2.65. The van der Waals surface area contributed by atoms with Gasteiger partial charge in [-0.3, -0.25) is 19.8 Å². The van der Waals surface area contributed by atoms with Crippen LogP contribution in [0.15, 0.2) is 41.4 Å². The summed E-state index contributed by atoms with van der Waals surface area (Å²) in [5.74, 6) is 0.530. The first kappa shape index (κ1) is 18.4. The SMILES string of the molecule is Cc1cc(C(=O)N2CCSC2=Nc2cccc(Cl)c2C)ccc1[N+](=O)[O-]. The minimum Gasteiger partial charge on any atom is -0.286 e. The van der Waals surface area contributed by atoms with Gasteiger partial charge < -0.3 is 0 Å². The number of rotatable bonds is 3. The predicted octanol–water partition coefficient (Wildman–Crippen LogP) is 4.74. The molecule has 1 aliphatic heterocycles. The molecule has 1 aliphatic rings. The van der Waals surface area contributed by atoms with Crippen LogP contribution in [0.25, 0.3) is 0 Å². The van der Waals surface area contributed by atoms with Crippen molar-refractivity contribution in [1.82, 2.24) is 4.90 Å². The number of carbonyl (C=O) groups is 1. The van der Waals surface area contributed by atoms with Crippen LogP contribution < -0.4 is 0 Å². The molecule has 2 aromatic rings. The number of thioether (sulfide) groups is 1. The maximum atomic E-state index is 12.9. The average Bonchev–Trinajstić information content (AvgIpc) is 3.06. The topological polar surface area (TPSA) is 75.8 Å². The lowest BCUT2D eigenvalue weighted by Gasteiger charge is -2.16. The lowest BCUT2D eigenvalue weighted by atomic mass is 10.1. The van der Waals surface area contributed by atoms with E-state index in [-0.39, 0.29) is 11.6 Å². The summed E-state index contributed by atoms with van der Waals surface area (Å²) in [6, 6.07) is 9.87. The van der Waals surface area contributed by atoms with Gasteiger partial charge in [0.1, 0.15) is 0 Å². The Morgan fingerprint density at radius 3 is 2.77 bits per heavy atom. The molecule has 0 aliphatic carbocycles. The Bertz CT molecular complexity index is 930. The largest absolute Gasteiger partial charge is 0.286 e. The Morgan fingerprint density at radius 2 is 2.08 bits per heavy atom. The highest BCUT2D eigenvalue weighted by Gasteiger charge is 2.28. The number of amides is 1. The van der Waals surface area contributed by atoms with Gasteiger partial charge in [0.05, 0.1) is 10.6 Å². The van der Waals surface area contributed by atoms with Gasteiger partial charge in [-0.05, 0) is 43.7 Å². The van der Waals surface area contributed by atoms with E-state index >= 15 is 0 Å². The Balaban J connectivity index is 1.91. The molecule has 1 saturated heterocycles. The third-order valence-electron chi connectivity index (χ3n) is 4.12. The summed E-state index contributed by atoms with van der Waals surface area (Å²) in [5, 5.41) is 12.2. The highest BCUT2D eigenvalue weighted by Crippen LogP contribution is 2.30. The molecule has 1 fully saturated rings. The molecule has 0 N–H and O–H groups in total. The van der Waals surface area contributed by atoms with E-state index in [4.69, 9.17) is 11.6 Å². The number of hydrogen-bond donors (Lipinski definition) is 0. The van der Waals surface area contributed by atoms with E-state index < -0.39 is 4.92 Å². The van der Waals surface area contributed by atoms with E-state index in [1.54, 1.807) is 24.0 Å². The number of nitro groups is 1. The van der Waals surface area contributed by atoms with Gasteiger partial charge >= 0.3 is 0 Å². The fourth-order valence-corrected chi connectivity index (χ4v) is 3.77. The van der Waals surface area contributed by atoms with Crippen LogP contribution in [-0.4, -0.2) is 33.2 Å². The maximum absolute atomic E-state index is 12.9. The standard InChI is InChI=1S/C18H16ClN3O3S/c1-11-10-13(6-7-16(11)22(24)25)17(23)21-8-9-26-18(21)20-15-5-3-4-14(19)12(15)2/h3-7,10H,8-9H2,1-2H3. The van der Waals surface area contributed by atoms with E-state index in [0.29, 0.717) is 27.9 Å². The molecular formula is C18H16ClN3O3S. The number of halogens is 1. The lowest BCUT2D eigenvalue weighted by molar-refractivity contribution is -0.385. The number of nitrogens with zero attached hydrogens (tertiary/aromatic N) is 3. The molecule has 6 nitrogen and oxygen atoms in total. The van der Waals surface area contributed by atoms with Crippen LogP contribution in [0.1, 0.15) is 21.5 Å². The monoisotopic (exact) mass is 389 g/mol. The van der Waals surface area contributed by atoms with Gasteiger partial charge in [-0.2, -0.15) is 0 Å². The molecular weight excluding hydrogens is 374 g/mol. The molecule has 0 unspecified atom stereocenters. The second-order valence-corrected chi connectivity index (χ2v) is 7.31. The van der Waals surface area contributed by atoms with Crippen molar-refractivity contribution in [3.8, 4) is 0 Å². The van der Waals surface area contributed by atoms with Crippen LogP contribution in [0.2, 0.25) is 5.02 Å². The van der Waals surface area contributed by atoms with Crippen molar-refractivity contribution in [2.24, 2.45) is 4.99 Å². The van der Waals surface area contributed by atoms with Crippen molar-refractivity contribution >= 4 is 45.8 Å². The molecule has 0 radical (unpaired) electrons. The molecule has 1 amide bonds. The Labute approximate surface area is 160 Å². The van der Waals surface area contributed by atoms with Gasteiger partial charge in [0.2, 0.25) is 0 Å². The predicted molar refractivity (Wildman–Crippen MR) is 105 cm³/mol. The normalized spacial score (nSPS) is 15.5. The van der Waals surface area contributed by atoms with Crippen LogP contribution >= 0.6 is 23.4 Å². The molecule has 3 rings (SSSR count). The Kier molecular flexibility index (Phi) is 5.29. The smallest absolute Gasteiger partial charge is 0.272 e. The fraction of sp³-hybridized carbons (Fsp3) is 0.222. The zero-order valence-corrected chi connectivity index (χ0v) is 15.8. The van der Waals surface area contributed by atoms with E-state index in [1.807, 2.05) is 19.1 Å². The van der Waals surface area contributed by atoms with Crippen LogP contribution in [0.3, 0.4) is 0 Å². The third-order valence-corrected chi connectivity index (χ3v) is 5.48. The second kappa shape index (κ2) is 7.47. The molecule has 0 atom stereocenters. The van der Waals surface area contributed by atoms with Crippen molar-refractivity contribution in [1.29, 1.82) is 0 Å². The molecule has 0 aromatic heterocycles. The summed E-state index contributed by atoms with van der Waals surface area (Å²) in [4.78, 5) is 29.6. The van der Waals surface area contributed by atoms with Gasteiger partial charge in [0.25, 0.3) is 11.6 Å². The molecule has 2 aromatic carbocycles. The highest BCUT2D eigenvalue weighted by atomic mass is 35.5. The summed E-state index contributed by atoms with van der Waals surface area (Å²) >= 11 is 7.64. The molecule has 26 heavy (non-hydrogen) atoms. The van der Waals surface area contributed by atoms with E-state index in [1.165, 1.54) is 23.9 Å². The number of aliphatic imine (C=N–C) groups is 1. The average molecular weight is 390 g/mol. The van der Waals surface area contributed by atoms with Gasteiger partial charge in [-0.15, -0.1) is 0 Å². The summed E-state index contributed by atoms with van der Waals surface area (Å²) in [7, 11) is 0. The van der Waals surface area contributed by atoms with Crippen molar-refractivity contribution in [2.75, 3.05) is 12.3 Å². The molecule has 0 saturated carbocycles. The van der Waals surface area contributed by atoms with E-state index in [2.05, 4.69) is 4.99 Å². The summed E-state index contributed by atoms with van der Waals surface area (Å²) in [6.45, 7) is 4.04. The minimum absolute atomic E-state index is 0.000731. The van der Waals surface area contributed by atoms with Crippen molar-refractivity contribution in [3.05, 3.63) is 68.2 Å². The molecule has 0 bridgehead atoms. The second-order valence-electron chi connectivity index (χ2n) is 5.84. The summed E-state index contributed by atoms with van der Waals surface area (Å²) in [5.41, 5.74) is 2.44. The number of aryl methyl sites for hydroxylation is 1. The minimum atomic E-state index is -0.454. The van der Waals surface area contributed by atoms with Crippen LogP contribution in [-0.2, 0) is 0 Å². The van der Waals surface area contributed by atoms with Crippen LogP contribution in [0.4, 0.5) is 11.4 Å². The van der Waals surface area contributed by atoms with Gasteiger partial charge in [0.15, 0.2) is 5.17 Å². The van der Waals surface area contributed by atoms with Crippen molar-refractivity contribution < 1.29 is 9.72 Å². The first-order valence-electron chi connectivity index (χ1n) is 7.92. The quantitative estimate of drug-likeness (QED) is 0.561. The van der Waals surface area contributed by atoms with Gasteiger partial charge in [-0.1, -0.05) is 29.4 Å². The van der Waals surface area contributed by atoms with Gasteiger partial charge in [0, 0.05) is 34.5 Å². The van der Waals surface area contributed by atoms with Gasteiger partial charge in [-0.25, -0.2) is 4.99 Å². The molecule has 8 heteroatoms. The number of nitro benzene ring substituents is 1. The van der Waals surface area contributed by atoms with E-state index in [0.717, 1.165) is 17.0 Å². The number of carbonyl (C=O) groups excluding carboxylic acids is 1. The molecule has 0 spiro atoms. The zero-order chi connectivity index (χ0) is 18.8. The molecule has 1 heterocycles. The summed E-state index contributed by atoms with van der Waals surface area (Å²) in [6.07, 6.45) is 0. The van der Waals surface area contributed by atoms with Crippen LogP contribution in [0.5, 0.6) is 0 Å². The Hall–Kier alpha value is -2.38. The zero-order valence-electron chi connectivity index (χ0n) is 14.2. The Morgan fingerprint density at radius 1 is 1.31 bits per heavy atom.